The molecular formula is C13H20N2O3. The minimum Gasteiger partial charge on any atom is -0.488 e. The maximum absolute atomic E-state index is 11.2. The number of nitrogens with two attached hydrogens (primary N) is 2. The predicted octanol–water partition coefficient (Wildman–Crippen LogP) is 1.56. The van der Waals surface area contributed by atoms with E-state index in [0.717, 1.165) is 12.8 Å². The van der Waals surface area contributed by atoms with Crippen molar-refractivity contribution in [1.29, 1.82) is 0 Å². The monoisotopic (exact) mass is 252 g/mol. The SMILES string of the molecule is CCCCOCCOc1c(N)cccc1C(N)=O. The Morgan fingerprint density at radius 3 is 2.72 bits per heavy atom. The maximum Gasteiger partial charge on any atom is 0.252 e. The number of unbranched alkanes of at least 4 members (excludes halogenated alkanes) is 1. The van der Waals surface area contributed by atoms with Gasteiger partial charge in [0.15, 0.2) is 5.75 Å². The van der Waals surface area contributed by atoms with Crippen LogP contribution in [0, 0.1) is 0 Å². The summed E-state index contributed by atoms with van der Waals surface area (Å²) in [5.74, 6) is -0.215. The Kier molecular flexibility index (Phi) is 6.00. The van der Waals surface area contributed by atoms with Crippen molar-refractivity contribution in [1.82, 2.24) is 0 Å². The number of ether oxygens (including phenoxy) is 2. The summed E-state index contributed by atoms with van der Waals surface area (Å²) < 4.78 is 10.8. The van der Waals surface area contributed by atoms with E-state index in [0.29, 0.717) is 36.8 Å². The smallest absolute Gasteiger partial charge is 0.252 e. The summed E-state index contributed by atoms with van der Waals surface area (Å²) in [6, 6.07) is 4.92. The number of benzene rings is 1. The molecule has 0 bridgehead atoms. The topological polar surface area (TPSA) is 87.6 Å². The van der Waals surface area contributed by atoms with E-state index in [2.05, 4.69) is 6.92 Å². The maximum atomic E-state index is 11.2. The molecule has 0 saturated carbocycles. The van der Waals surface area contributed by atoms with Crippen LogP contribution in [-0.4, -0.2) is 25.7 Å². The van der Waals surface area contributed by atoms with Gasteiger partial charge in [0.25, 0.3) is 5.91 Å². The number of primary amides is 1. The number of carbonyl (C=O) groups excluding carboxylic acids is 1. The molecule has 0 aliphatic carbocycles. The number of amides is 1. The van der Waals surface area contributed by atoms with Crippen LogP contribution in [0.4, 0.5) is 5.69 Å². The predicted molar refractivity (Wildman–Crippen MR) is 70.6 cm³/mol. The first-order chi connectivity index (χ1) is 8.66. The van der Waals surface area contributed by atoms with E-state index in [1.807, 2.05) is 0 Å². The average molecular weight is 252 g/mol. The average Bonchev–Trinajstić information content (AvgIpc) is 2.34. The third kappa shape index (κ3) is 4.25. The number of hydrogen-bond acceptors (Lipinski definition) is 4. The highest BCUT2D eigenvalue weighted by Gasteiger charge is 2.11. The first-order valence-electron chi connectivity index (χ1n) is 6.05. The molecule has 0 unspecified atom stereocenters. The third-order valence-corrected chi connectivity index (χ3v) is 2.43. The fourth-order valence-corrected chi connectivity index (χ4v) is 1.46. The molecule has 4 N–H and O–H groups in total. The highest BCUT2D eigenvalue weighted by Crippen LogP contribution is 2.25. The minimum absolute atomic E-state index is 0.295. The Morgan fingerprint density at radius 2 is 2.06 bits per heavy atom. The van der Waals surface area contributed by atoms with Crippen LogP contribution in [0.3, 0.4) is 0 Å². The molecule has 0 heterocycles. The molecule has 1 amide bonds. The summed E-state index contributed by atoms with van der Waals surface area (Å²) in [6.07, 6.45) is 2.12. The van der Waals surface area contributed by atoms with Crippen LogP contribution in [0.2, 0.25) is 0 Å². The molecule has 0 aromatic heterocycles. The van der Waals surface area contributed by atoms with Gasteiger partial charge in [0, 0.05) is 6.61 Å². The third-order valence-electron chi connectivity index (χ3n) is 2.43. The molecule has 0 spiro atoms. The lowest BCUT2D eigenvalue weighted by Crippen LogP contribution is -2.16. The van der Waals surface area contributed by atoms with Crippen LogP contribution in [-0.2, 0) is 4.74 Å². The molecule has 0 aliphatic rings. The van der Waals surface area contributed by atoms with Crippen LogP contribution in [0.5, 0.6) is 5.75 Å². The number of nitrogen functional groups attached to an aromatic ring is 1. The number of hydrogen-bond donors (Lipinski definition) is 2. The molecule has 0 radical (unpaired) electrons. The van der Waals surface area contributed by atoms with E-state index in [1.54, 1.807) is 18.2 Å². The quantitative estimate of drug-likeness (QED) is 0.543. The van der Waals surface area contributed by atoms with Crippen molar-refractivity contribution in [2.45, 2.75) is 19.8 Å². The molecule has 1 aromatic carbocycles. The van der Waals surface area contributed by atoms with Crippen molar-refractivity contribution in [2.75, 3.05) is 25.6 Å². The van der Waals surface area contributed by atoms with Crippen LogP contribution in [0.25, 0.3) is 0 Å². The van der Waals surface area contributed by atoms with Crippen molar-refractivity contribution in [3.8, 4) is 5.75 Å². The van der Waals surface area contributed by atoms with Gasteiger partial charge >= 0.3 is 0 Å². The van der Waals surface area contributed by atoms with Gasteiger partial charge in [-0.25, -0.2) is 0 Å². The molecule has 18 heavy (non-hydrogen) atoms. The largest absolute Gasteiger partial charge is 0.488 e. The van der Waals surface area contributed by atoms with Gasteiger partial charge in [-0.15, -0.1) is 0 Å². The van der Waals surface area contributed by atoms with Crippen LogP contribution >= 0.6 is 0 Å². The zero-order chi connectivity index (χ0) is 13.4. The van der Waals surface area contributed by atoms with Gasteiger partial charge in [0.05, 0.1) is 17.9 Å². The number of rotatable bonds is 8. The van der Waals surface area contributed by atoms with E-state index in [-0.39, 0.29) is 0 Å². The van der Waals surface area contributed by atoms with E-state index in [4.69, 9.17) is 20.9 Å². The molecule has 5 nitrogen and oxygen atoms in total. The Balaban J connectivity index is 2.48. The van der Waals surface area contributed by atoms with Gasteiger partial charge in [0.2, 0.25) is 0 Å². The van der Waals surface area contributed by atoms with Gasteiger partial charge in [0.1, 0.15) is 6.61 Å². The van der Waals surface area contributed by atoms with Gasteiger partial charge in [-0.1, -0.05) is 19.4 Å². The van der Waals surface area contributed by atoms with Crippen LogP contribution in [0.1, 0.15) is 30.1 Å². The summed E-state index contributed by atoms with van der Waals surface area (Å²) in [6.45, 7) is 3.63. The second kappa shape index (κ2) is 7.55. The van der Waals surface area contributed by atoms with Gasteiger partial charge < -0.3 is 20.9 Å². The summed E-state index contributed by atoms with van der Waals surface area (Å²) >= 11 is 0. The molecule has 1 aromatic rings. The zero-order valence-electron chi connectivity index (χ0n) is 10.6. The van der Waals surface area contributed by atoms with E-state index >= 15 is 0 Å². The molecule has 0 atom stereocenters. The fourth-order valence-electron chi connectivity index (χ4n) is 1.46. The molecular weight excluding hydrogens is 232 g/mol. The lowest BCUT2D eigenvalue weighted by atomic mass is 10.1. The fraction of sp³-hybridized carbons (Fsp3) is 0.462. The Morgan fingerprint density at radius 1 is 1.28 bits per heavy atom. The summed E-state index contributed by atoms with van der Waals surface area (Å²) in [5, 5.41) is 0. The second-order valence-electron chi connectivity index (χ2n) is 3.90. The van der Waals surface area contributed by atoms with Gasteiger partial charge in [-0.3, -0.25) is 4.79 Å². The van der Waals surface area contributed by atoms with Crippen molar-refractivity contribution in [3.63, 3.8) is 0 Å². The first kappa shape index (κ1) is 14.3. The van der Waals surface area contributed by atoms with Crippen LogP contribution < -0.4 is 16.2 Å². The minimum atomic E-state index is -0.552. The molecule has 1 rings (SSSR count). The molecule has 5 heteroatoms. The normalized spacial score (nSPS) is 10.3. The Bertz CT molecular complexity index is 394. The van der Waals surface area contributed by atoms with Gasteiger partial charge in [-0.2, -0.15) is 0 Å². The number of anilines is 1. The van der Waals surface area contributed by atoms with Crippen molar-refractivity contribution in [2.24, 2.45) is 5.73 Å². The van der Waals surface area contributed by atoms with Crippen molar-refractivity contribution >= 4 is 11.6 Å². The summed E-state index contributed by atoms with van der Waals surface area (Å²) in [4.78, 5) is 11.2. The molecule has 100 valence electrons. The highest BCUT2D eigenvalue weighted by molar-refractivity contribution is 5.97. The highest BCUT2D eigenvalue weighted by atomic mass is 16.5. The first-order valence-corrected chi connectivity index (χ1v) is 6.05. The van der Waals surface area contributed by atoms with E-state index in [9.17, 15) is 4.79 Å². The van der Waals surface area contributed by atoms with Gasteiger partial charge in [-0.05, 0) is 18.6 Å². The standard InChI is InChI=1S/C13H20N2O3/c1-2-3-7-17-8-9-18-12-10(13(15)16)5-4-6-11(12)14/h4-6H,2-3,7-9,14H2,1H3,(H2,15,16). The summed E-state index contributed by atoms with van der Waals surface area (Å²) in [7, 11) is 0. The summed E-state index contributed by atoms with van der Waals surface area (Å²) in [5.41, 5.74) is 11.7. The van der Waals surface area contributed by atoms with Crippen molar-refractivity contribution in [3.05, 3.63) is 23.8 Å². The number of para-hydroxylation sites is 1. The second-order valence-corrected chi connectivity index (χ2v) is 3.90. The van der Waals surface area contributed by atoms with Crippen LogP contribution in [0.15, 0.2) is 18.2 Å². The van der Waals surface area contributed by atoms with Crippen molar-refractivity contribution < 1.29 is 14.3 Å². The lowest BCUT2D eigenvalue weighted by molar-refractivity contribution is 0.0945. The molecule has 0 saturated heterocycles. The Hall–Kier alpha value is -1.75. The molecule has 0 aliphatic heterocycles. The molecule has 0 fully saturated rings. The zero-order valence-corrected chi connectivity index (χ0v) is 10.6. The lowest BCUT2D eigenvalue weighted by Gasteiger charge is -2.12. The Labute approximate surface area is 107 Å². The van der Waals surface area contributed by atoms with E-state index in [1.165, 1.54) is 0 Å². The van der Waals surface area contributed by atoms with E-state index < -0.39 is 5.91 Å². The number of carbonyl (C=O) groups is 1.